The number of rotatable bonds is 3. The highest BCUT2D eigenvalue weighted by Gasteiger charge is 3.15. The van der Waals surface area contributed by atoms with Crippen LogP contribution in [0.4, 0.5) is 86.0 Å². The molecule has 226 valence electrons. The molecule has 2 saturated carbocycles. The van der Waals surface area contributed by atoms with Crippen molar-refractivity contribution < 1.29 is 84.4 Å². The first-order valence-corrected chi connectivity index (χ1v) is 10.2. The lowest BCUT2D eigenvalue weighted by atomic mass is 9.52. The predicted molar refractivity (Wildman–Crippen MR) is 95.6 cm³/mol. The van der Waals surface area contributed by atoms with E-state index in [0.717, 1.165) is 0 Å². The maximum absolute atomic E-state index is 15.3. The lowest BCUT2D eigenvalue weighted by molar-refractivity contribution is -0.545. The number of halogens is 18. The molecule has 1 aromatic rings. The number of hydrogen-bond donors (Lipinski definition) is 1. The minimum atomic E-state index is -8.74. The Labute approximate surface area is 214 Å². The van der Waals surface area contributed by atoms with Gasteiger partial charge in [0, 0.05) is 16.6 Å². The van der Waals surface area contributed by atoms with Crippen LogP contribution in [0.1, 0.15) is 0 Å². The molecule has 3 atom stereocenters. The minimum Gasteiger partial charge on any atom is -0.322 e. The van der Waals surface area contributed by atoms with Crippen molar-refractivity contribution in [3.05, 3.63) is 32.8 Å². The van der Waals surface area contributed by atoms with E-state index < -0.39 is 85.1 Å². The minimum absolute atomic E-state index is 0.128. The molecule has 2 aliphatic carbocycles. The van der Waals surface area contributed by atoms with Crippen molar-refractivity contribution in [2.24, 2.45) is 0 Å². The molecule has 2 fully saturated rings. The lowest BCUT2D eigenvalue weighted by Gasteiger charge is -2.64. The standard InChI is InChI=1S/C17H4BrF17N2O3/c18-5-3-4(37(39)40)1-2-6(5)36-7(38)8(19)11(22,23)9(20)10(21,13(26,27)12(8,24)25)15(30,31)17(34,35)16(32,33)14(9,28)29/h1-3H,(H,36,38). The lowest BCUT2D eigenvalue weighted by Crippen LogP contribution is -2.99. The van der Waals surface area contributed by atoms with E-state index in [1.807, 2.05) is 0 Å². The Hall–Kier alpha value is -2.62. The number of nitro groups is 1. The number of amides is 1. The predicted octanol–water partition coefficient (Wildman–Crippen LogP) is 6.90. The highest BCUT2D eigenvalue weighted by Crippen LogP contribution is 2.81. The van der Waals surface area contributed by atoms with Crippen molar-refractivity contribution in [2.75, 3.05) is 5.32 Å². The van der Waals surface area contributed by atoms with Crippen LogP contribution in [0.25, 0.3) is 0 Å². The van der Waals surface area contributed by atoms with Crippen LogP contribution in [0.2, 0.25) is 0 Å². The number of nitro benzene ring substituents is 1. The Morgan fingerprint density at radius 1 is 0.650 bits per heavy atom. The molecular weight excluding hydrogens is 683 g/mol. The van der Waals surface area contributed by atoms with E-state index in [2.05, 4.69) is 15.9 Å². The molecule has 1 N–H and O–H groups in total. The van der Waals surface area contributed by atoms with E-state index >= 15 is 13.2 Å². The molecule has 0 bridgehead atoms. The summed E-state index contributed by atoms with van der Waals surface area (Å²) in [6.07, 6.45) is 0. The van der Waals surface area contributed by atoms with Crippen molar-refractivity contribution in [2.45, 2.75) is 58.5 Å². The molecule has 0 heterocycles. The topological polar surface area (TPSA) is 72.2 Å². The molecule has 0 radical (unpaired) electrons. The van der Waals surface area contributed by atoms with E-state index in [1.54, 1.807) is 0 Å². The maximum atomic E-state index is 15.3. The smallest absolute Gasteiger partial charge is 0.322 e. The molecule has 0 spiro atoms. The van der Waals surface area contributed by atoms with E-state index in [-0.39, 0.29) is 18.2 Å². The molecule has 3 rings (SSSR count). The van der Waals surface area contributed by atoms with Gasteiger partial charge in [0.25, 0.3) is 22.9 Å². The number of carbonyl (C=O) groups excluding carboxylic acids is 1. The van der Waals surface area contributed by atoms with E-state index in [0.29, 0.717) is 5.32 Å². The van der Waals surface area contributed by atoms with Crippen molar-refractivity contribution in [1.82, 2.24) is 0 Å². The Morgan fingerprint density at radius 2 is 1.02 bits per heavy atom. The molecule has 0 aliphatic heterocycles. The van der Waals surface area contributed by atoms with Gasteiger partial charge in [-0.1, -0.05) is 0 Å². The molecule has 40 heavy (non-hydrogen) atoms. The summed E-state index contributed by atoms with van der Waals surface area (Å²) >= 11 is 2.30. The van der Waals surface area contributed by atoms with Crippen molar-refractivity contribution >= 4 is 33.2 Å². The Morgan fingerprint density at radius 3 is 1.40 bits per heavy atom. The second kappa shape index (κ2) is 7.81. The molecular formula is C17H4BrF17N2O3. The summed E-state index contributed by atoms with van der Waals surface area (Å²) in [4.78, 5) is 21.6. The zero-order valence-electron chi connectivity index (χ0n) is 17.7. The van der Waals surface area contributed by atoms with Crippen LogP contribution in [-0.2, 0) is 4.79 Å². The zero-order valence-corrected chi connectivity index (χ0v) is 19.3. The Kier molecular flexibility index (Phi) is 6.23. The monoisotopic (exact) mass is 686 g/mol. The van der Waals surface area contributed by atoms with E-state index in [1.165, 1.54) is 0 Å². The largest absolute Gasteiger partial charge is 0.382 e. The third kappa shape index (κ3) is 2.75. The van der Waals surface area contributed by atoms with Gasteiger partial charge < -0.3 is 5.32 Å². The van der Waals surface area contributed by atoms with E-state index in [9.17, 15) is 76.4 Å². The zero-order chi connectivity index (χ0) is 31.7. The number of anilines is 1. The van der Waals surface area contributed by atoms with Crippen LogP contribution < -0.4 is 5.32 Å². The van der Waals surface area contributed by atoms with Gasteiger partial charge in [-0.2, -0.15) is 61.5 Å². The van der Waals surface area contributed by atoms with Crippen LogP contribution in [-0.4, -0.2) is 69.3 Å². The third-order valence-corrected chi connectivity index (χ3v) is 7.03. The summed E-state index contributed by atoms with van der Waals surface area (Å²) in [6, 6.07) is 0.663. The van der Waals surface area contributed by atoms with Gasteiger partial charge in [-0.15, -0.1) is 0 Å². The highest BCUT2D eigenvalue weighted by molar-refractivity contribution is 9.10. The Balaban J connectivity index is 2.42. The van der Waals surface area contributed by atoms with Gasteiger partial charge in [0.2, 0.25) is 0 Å². The normalized spacial score (nSPS) is 35.8. The Bertz CT molecular complexity index is 1310. The van der Waals surface area contributed by atoms with Crippen molar-refractivity contribution in [3.63, 3.8) is 0 Å². The number of alkyl halides is 17. The number of fused-ring (bicyclic) bond motifs is 1. The van der Waals surface area contributed by atoms with Crippen LogP contribution >= 0.6 is 15.9 Å². The van der Waals surface area contributed by atoms with Crippen LogP contribution in [0, 0.1) is 10.1 Å². The number of nitrogens with one attached hydrogen (secondary N) is 1. The fourth-order valence-electron chi connectivity index (χ4n) is 4.17. The van der Waals surface area contributed by atoms with Gasteiger partial charge in [-0.05, 0) is 22.0 Å². The summed E-state index contributed by atoms with van der Waals surface area (Å²) in [7, 11) is 0. The molecule has 1 aromatic carbocycles. The average Bonchev–Trinajstić information content (AvgIpc) is 2.80. The number of carbonyl (C=O) groups is 1. The first-order chi connectivity index (χ1) is 17.5. The van der Waals surface area contributed by atoms with Crippen LogP contribution in [0.15, 0.2) is 22.7 Å². The summed E-state index contributed by atoms with van der Waals surface area (Å²) < 4.78 is 244. The van der Waals surface area contributed by atoms with Crippen molar-refractivity contribution in [1.29, 1.82) is 0 Å². The van der Waals surface area contributed by atoms with Gasteiger partial charge in [0.1, 0.15) is 0 Å². The maximum Gasteiger partial charge on any atom is 0.382 e. The van der Waals surface area contributed by atoms with Gasteiger partial charge in [-0.25, -0.2) is 13.2 Å². The summed E-state index contributed by atoms with van der Waals surface area (Å²) in [6.45, 7) is 0. The summed E-state index contributed by atoms with van der Waals surface area (Å²) in [5, 5.41) is 11.2. The highest BCUT2D eigenvalue weighted by atomic mass is 79.9. The molecule has 1 amide bonds. The molecule has 23 heteroatoms. The number of non-ortho nitro benzene ring substituents is 1. The van der Waals surface area contributed by atoms with Crippen molar-refractivity contribution in [3.8, 4) is 0 Å². The van der Waals surface area contributed by atoms with Gasteiger partial charge in [0.15, 0.2) is 0 Å². The second-order valence-electron chi connectivity index (χ2n) is 8.37. The molecule has 3 unspecified atom stereocenters. The fraction of sp³-hybridized carbons (Fsp3) is 0.588. The van der Waals surface area contributed by atoms with Crippen LogP contribution in [0.3, 0.4) is 0 Å². The number of nitrogens with zero attached hydrogens (tertiary/aromatic N) is 1. The molecule has 2 aliphatic rings. The molecule has 0 saturated heterocycles. The number of hydrogen-bond acceptors (Lipinski definition) is 3. The number of benzene rings is 1. The molecule has 0 aromatic heterocycles. The fourth-order valence-corrected chi connectivity index (χ4v) is 4.63. The second-order valence-corrected chi connectivity index (χ2v) is 9.23. The van der Waals surface area contributed by atoms with E-state index in [4.69, 9.17) is 0 Å². The summed E-state index contributed by atoms with van der Waals surface area (Å²) in [5.74, 6) is -63.1. The third-order valence-electron chi connectivity index (χ3n) is 6.37. The first kappa shape index (κ1) is 31.9. The SMILES string of the molecule is O=C(Nc1ccc([N+](=O)[O-])cc1Br)C1(F)C(F)(F)C(F)(F)C2(F)C(F)(F)C(F)(F)C(F)(F)C(F)(F)C2(F)C1(F)F. The van der Waals surface area contributed by atoms with Gasteiger partial charge in [0.05, 0.1) is 10.6 Å². The summed E-state index contributed by atoms with van der Waals surface area (Å²) in [5.41, 5.74) is -27.6. The average molecular weight is 687 g/mol. The molecule has 5 nitrogen and oxygen atoms in total. The van der Waals surface area contributed by atoms with Gasteiger partial charge >= 0.3 is 47.1 Å². The quantitative estimate of drug-likeness (QED) is 0.214. The van der Waals surface area contributed by atoms with Gasteiger partial charge in [-0.3, -0.25) is 14.9 Å². The van der Waals surface area contributed by atoms with Crippen LogP contribution in [0.5, 0.6) is 0 Å². The first-order valence-electron chi connectivity index (χ1n) is 9.43.